The van der Waals surface area contributed by atoms with E-state index in [2.05, 4.69) is 15.7 Å². The minimum absolute atomic E-state index is 0.182. The molecule has 4 rings (SSSR count). The standard InChI is InChI=1S/C23H24FN5O4/c1-33-21-7-3-6-17(9-21)27-23(32)28-13-19(10-20(28)14-30)29-12-18(11-25-29)26-22(31)15-4-2-5-16(24)8-15/h2-9,11-12,19-20,30H,10,13-14H2,1H3,(H,26,31)(H,27,32)/t19-,20-/m0/s1. The number of carbonyl (C=O) groups is 2. The van der Waals surface area contributed by atoms with Crippen molar-refractivity contribution in [2.75, 3.05) is 30.9 Å². The Morgan fingerprint density at radius 1 is 1.18 bits per heavy atom. The number of aromatic nitrogens is 2. The van der Waals surface area contributed by atoms with Crippen LogP contribution in [0.2, 0.25) is 0 Å². The van der Waals surface area contributed by atoms with Crippen LogP contribution in [-0.4, -0.2) is 58.0 Å². The summed E-state index contributed by atoms with van der Waals surface area (Å²) in [5.74, 6) is -0.324. The number of carbonyl (C=O) groups excluding carboxylic acids is 2. The van der Waals surface area contributed by atoms with Crippen LogP contribution in [0.5, 0.6) is 5.75 Å². The Morgan fingerprint density at radius 3 is 2.76 bits per heavy atom. The maximum atomic E-state index is 13.4. The Bertz CT molecular complexity index is 1150. The fourth-order valence-corrected chi connectivity index (χ4v) is 3.84. The van der Waals surface area contributed by atoms with Gasteiger partial charge in [-0.15, -0.1) is 0 Å². The number of anilines is 2. The predicted octanol–water partition coefficient (Wildman–Crippen LogP) is 3.12. The van der Waals surface area contributed by atoms with E-state index in [0.717, 1.165) is 6.07 Å². The summed E-state index contributed by atoms with van der Waals surface area (Å²) < 4.78 is 20.2. The molecule has 1 saturated heterocycles. The molecule has 0 radical (unpaired) electrons. The first kappa shape index (κ1) is 22.3. The van der Waals surface area contributed by atoms with E-state index in [-0.39, 0.29) is 30.3 Å². The van der Waals surface area contributed by atoms with Crippen molar-refractivity contribution in [2.24, 2.45) is 0 Å². The molecular formula is C23H24FN5O4. The molecule has 0 aliphatic carbocycles. The highest BCUT2D eigenvalue weighted by atomic mass is 19.1. The molecule has 0 spiro atoms. The van der Waals surface area contributed by atoms with E-state index in [4.69, 9.17) is 4.74 Å². The molecule has 0 bridgehead atoms. The lowest BCUT2D eigenvalue weighted by molar-refractivity contribution is 0.102. The zero-order valence-electron chi connectivity index (χ0n) is 17.9. The van der Waals surface area contributed by atoms with Crippen molar-refractivity contribution in [3.63, 3.8) is 0 Å². The van der Waals surface area contributed by atoms with Gasteiger partial charge in [0.05, 0.1) is 37.7 Å². The monoisotopic (exact) mass is 453 g/mol. The molecule has 2 aromatic carbocycles. The molecule has 0 saturated carbocycles. The molecule has 9 nitrogen and oxygen atoms in total. The highest BCUT2D eigenvalue weighted by Crippen LogP contribution is 2.29. The maximum absolute atomic E-state index is 13.4. The van der Waals surface area contributed by atoms with Crippen LogP contribution in [0.25, 0.3) is 0 Å². The molecule has 1 fully saturated rings. The third-order valence-electron chi connectivity index (χ3n) is 5.51. The molecular weight excluding hydrogens is 429 g/mol. The number of urea groups is 1. The first-order valence-corrected chi connectivity index (χ1v) is 10.4. The highest BCUT2D eigenvalue weighted by Gasteiger charge is 2.36. The number of rotatable bonds is 6. The van der Waals surface area contributed by atoms with Gasteiger partial charge in [-0.05, 0) is 36.8 Å². The number of aliphatic hydroxyl groups is 1. The molecule has 1 aliphatic rings. The average molecular weight is 453 g/mol. The maximum Gasteiger partial charge on any atom is 0.322 e. The van der Waals surface area contributed by atoms with E-state index in [1.165, 1.54) is 24.4 Å². The lowest BCUT2D eigenvalue weighted by Gasteiger charge is -2.23. The molecule has 1 aromatic heterocycles. The summed E-state index contributed by atoms with van der Waals surface area (Å²) in [4.78, 5) is 26.7. The number of nitrogens with zero attached hydrogens (tertiary/aromatic N) is 3. The normalized spacial score (nSPS) is 17.6. The molecule has 172 valence electrons. The fraction of sp³-hybridized carbons (Fsp3) is 0.261. The largest absolute Gasteiger partial charge is 0.497 e. The first-order valence-electron chi connectivity index (χ1n) is 10.4. The second-order valence-electron chi connectivity index (χ2n) is 7.71. The fourth-order valence-electron chi connectivity index (χ4n) is 3.84. The second kappa shape index (κ2) is 9.70. The number of nitrogens with one attached hydrogen (secondary N) is 2. The summed E-state index contributed by atoms with van der Waals surface area (Å²) in [6, 6.07) is 11.5. The second-order valence-corrected chi connectivity index (χ2v) is 7.71. The van der Waals surface area contributed by atoms with Crippen LogP contribution in [0, 0.1) is 5.82 Å². The smallest absolute Gasteiger partial charge is 0.322 e. The molecule has 2 atom stereocenters. The van der Waals surface area contributed by atoms with Crippen LogP contribution in [0.3, 0.4) is 0 Å². The quantitative estimate of drug-likeness (QED) is 0.531. The van der Waals surface area contributed by atoms with Crippen LogP contribution < -0.4 is 15.4 Å². The van der Waals surface area contributed by atoms with Gasteiger partial charge in [0.15, 0.2) is 0 Å². The molecule has 2 heterocycles. The number of benzene rings is 2. The first-order chi connectivity index (χ1) is 16.0. The highest BCUT2D eigenvalue weighted by molar-refractivity contribution is 6.04. The van der Waals surface area contributed by atoms with Crippen LogP contribution in [0.15, 0.2) is 60.9 Å². The Hall–Kier alpha value is -3.92. The van der Waals surface area contributed by atoms with E-state index < -0.39 is 11.7 Å². The van der Waals surface area contributed by atoms with Crippen molar-refractivity contribution in [2.45, 2.75) is 18.5 Å². The number of halogens is 1. The number of aliphatic hydroxyl groups excluding tert-OH is 1. The van der Waals surface area contributed by atoms with Crippen LogP contribution >= 0.6 is 0 Å². The summed E-state index contributed by atoms with van der Waals surface area (Å²) in [6.45, 7) is 0.145. The van der Waals surface area contributed by atoms with Gasteiger partial charge < -0.3 is 25.4 Å². The van der Waals surface area contributed by atoms with Crippen LogP contribution in [0.1, 0.15) is 22.8 Å². The molecule has 3 N–H and O–H groups in total. The Balaban J connectivity index is 1.41. The van der Waals surface area contributed by atoms with Crippen molar-refractivity contribution < 1.29 is 23.8 Å². The lowest BCUT2D eigenvalue weighted by Crippen LogP contribution is -2.40. The van der Waals surface area contributed by atoms with Gasteiger partial charge in [-0.1, -0.05) is 12.1 Å². The predicted molar refractivity (Wildman–Crippen MR) is 120 cm³/mol. The van der Waals surface area contributed by atoms with Crippen LogP contribution in [0.4, 0.5) is 20.6 Å². The van der Waals surface area contributed by atoms with Crippen LogP contribution in [-0.2, 0) is 0 Å². The average Bonchev–Trinajstić information content (AvgIpc) is 3.46. The Labute approximate surface area is 189 Å². The van der Waals surface area contributed by atoms with Crippen molar-refractivity contribution in [3.05, 3.63) is 72.3 Å². The molecule has 1 aliphatic heterocycles. The van der Waals surface area contributed by atoms with Gasteiger partial charge in [0.25, 0.3) is 5.91 Å². The van der Waals surface area contributed by atoms with E-state index >= 15 is 0 Å². The zero-order valence-corrected chi connectivity index (χ0v) is 17.9. The minimum atomic E-state index is -0.494. The number of amides is 3. The molecule has 3 amide bonds. The summed E-state index contributed by atoms with van der Waals surface area (Å²) in [5.41, 5.74) is 1.23. The Morgan fingerprint density at radius 2 is 2.00 bits per heavy atom. The number of methoxy groups -OCH3 is 1. The molecule has 3 aromatic rings. The molecule has 33 heavy (non-hydrogen) atoms. The third kappa shape index (κ3) is 5.12. The lowest BCUT2D eigenvalue weighted by atomic mass is 10.2. The topological polar surface area (TPSA) is 109 Å². The van der Waals surface area contributed by atoms with Gasteiger partial charge in [0, 0.05) is 30.1 Å². The molecule has 0 unspecified atom stereocenters. The zero-order chi connectivity index (χ0) is 23.4. The third-order valence-corrected chi connectivity index (χ3v) is 5.51. The summed E-state index contributed by atoms with van der Waals surface area (Å²) in [5, 5.41) is 19.6. The van der Waals surface area contributed by atoms with E-state index in [1.807, 2.05) is 0 Å². The molecule has 10 heteroatoms. The Kier molecular flexibility index (Phi) is 6.55. The van der Waals surface area contributed by atoms with Crippen molar-refractivity contribution in [1.82, 2.24) is 14.7 Å². The SMILES string of the molecule is COc1cccc(NC(=O)N2C[C@@H](n3cc(NC(=O)c4cccc(F)c4)cn3)C[C@H]2CO)c1. The van der Waals surface area contributed by atoms with Gasteiger partial charge in [-0.25, -0.2) is 9.18 Å². The number of ether oxygens (including phenoxy) is 1. The van der Waals surface area contributed by atoms with Gasteiger partial charge in [-0.3, -0.25) is 9.48 Å². The summed E-state index contributed by atoms with van der Waals surface area (Å²) >= 11 is 0. The van der Waals surface area contributed by atoms with Gasteiger partial charge in [-0.2, -0.15) is 5.10 Å². The van der Waals surface area contributed by atoms with E-state index in [0.29, 0.717) is 30.1 Å². The van der Waals surface area contributed by atoms with Crippen molar-refractivity contribution in [1.29, 1.82) is 0 Å². The minimum Gasteiger partial charge on any atom is -0.497 e. The van der Waals surface area contributed by atoms with E-state index in [1.54, 1.807) is 47.2 Å². The number of hydrogen-bond acceptors (Lipinski definition) is 5. The number of likely N-dealkylation sites (tertiary alicyclic amines) is 1. The van der Waals surface area contributed by atoms with Crippen molar-refractivity contribution in [3.8, 4) is 5.75 Å². The summed E-state index contributed by atoms with van der Waals surface area (Å²) in [6.07, 6.45) is 3.64. The van der Waals surface area contributed by atoms with Gasteiger partial charge in [0.1, 0.15) is 11.6 Å². The summed E-state index contributed by atoms with van der Waals surface area (Å²) in [7, 11) is 1.55. The van der Waals surface area contributed by atoms with Gasteiger partial charge in [0.2, 0.25) is 0 Å². The van der Waals surface area contributed by atoms with E-state index in [9.17, 15) is 19.1 Å². The van der Waals surface area contributed by atoms with Crippen molar-refractivity contribution >= 4 is 23.3 Å². The van der Waals surface area contributed by atoms with Gasteiger partial charge >= 0.3 is 6.03 Å². The number of hydrogen-bond donors (Lipinski definition) is 3.